The molecule has 1 heterocycles. The van der Waals surface area contributed by atoms with E-state index in [1.807, 2.05) is 24.4 Å². The first-order valence-electron chi connectivity index (χ1n) is 7.65. The van der Waals surface area contributed by atoms with Crippen molar-refractivity contribution in [1.29, 1.82) is 0 Å². The third-order valence-electron chi connectivity index (χ3n) is 4.40. The average Bonchev–Trinajstić information content (AvgIpc) is 3.02. The maximum atomic E-state index is 12.5. The number of fused-ring (bicyclic) bond motifs is 1. The Morgan fingerprint density at radius 1 is 1.23 bits per heavy atom. The number of methoxy groups -OCH3 is 1. The third kappa shape index (κ3) is 2.84. The van der Waals surface area contributed by atoms with Crippen LogP contribution in [0.3, 0.4) is 0 Å². The molecule has 0 unspecified atom stereocenters. The summed E-state index contributed by atoms with van der Waals surface area (Å²) in [5.74, 6) is -0.603. The topological polar surface area (TPSA) is 71.2 Å². The molecule has 3 rings (SSSR count). The van der Waals surface area contributed by atoms with Gasteiger partial charge in [-0.15, -0.1) is 0 Å². The van der Waals surface area contributed by atoms with Crippen LogP contribution in [0, 0.1) is 5.92 Å². The Kier molecular flexibility index (Phi) is 4.13. The summed E-state index contributed by atoms with van der Waals surface area (Å²) in [7, 11) is 1.40. The fourth-order valence-electron chi connectivity index (χ4n) is 3.18. The number of esters is 1. The predicted octanol–water partition coefficient (Wildman–Crippen LogP) is 2.63. The largest absolute Gasteiger partial charge is 0.469 e. The minimum absolute atomic E-state index is 0.135. The number of aromatic nitrogens is 1. The molecule has 0 aliphatic heterocycles. The Morgan fingerprint density at radius 3 is 2.86 bits per heavy atom. The molecule has 116 valence electrons. The number of aromatic amines is 1. The SMILES string of the molecule is COC(=O)[C@H]1CCCC[C@@H]1NC(=O)c1ccc2[nH]ccc2c1. The monoisotopic (exact) mass is 300 g/mol. The quantitative estimate of drug-likeness (QED) is 0.856. The number of benzene rings is 1. The number of hydrogen-bond acceptors (Lipinski definition) is 3. The Labute approximate surface area is 129 Å². The third-order valence-corrected chi connectivity index (χ3v) is 4.40. The van der Waals surface area contributed by atoms with Gasteiger partial charge in [0, 0.05) is 28.7 Å². The van der Waals surface area contributed by atoms with E-state index in [0.29, 0.717) is 5.56 Å². The van der Waals surface area contributed by atoms with E-state index in [9.17, 15) is 9.59 Å². The number of carbonyl (C=O) groups excluding carboxylic acids is 2. The normalized spacial score (nSPS) is 21.5. The van der Waals surface area contributed by atoms with Gasteiger partial charge in [0.25, 0.3) is 5.91 Å². The van der Waals surface area contributed by atoms with Crippen LogP contribution in [0.15, 0.2) is 30.5 Å². The van der Waals surface area contributed by atoms with E-state index < -0.39 is 0 Å². The standard InChI is InChI=1S/C17H20N2O3/c1-22-17(21)13-4-2-3-5-15(13)19-16(20)12-6-7-14-11(10-12)8-9-18-14/h6-10,13,15,18H,2-5H2,1H3,(H,19,20)/t13-,15-/m0/s1. The molecule has 22 heavy (non-hydrogen) atoms. The summed E-state index contributed by atoms with van der Waals surface area (Å²) in [4.78, 5) is 27.4. The highest BCUT2D eigenvalue weighted by Gasteiger charge is 2.32. The molecular formula is C17H20N2O3. The first-order chi connectivity index (χ1) is 10.7. The van der Waals surface area contributed by atoms with Crippen LogP contribution in [-0.4, -0.2) is 30.0 Å². The lowest BCUT2D eigenvalue weighted by Crippen LogP contribution is -2.45. The van der Waals surface area contributed by atoms with Crippen LogP contribution in [0.25, 0.3) is 10.9 Å². The van der Waals surface area contributed by atoms with Crippen molar-refractivity contribution in [3.8, 4) is 0 Å². The zero-order valence-electron chi connectivity index (χ0n) is 12.6. The zero-order chi connectivity index (χ0) is 15.5. The molecule has 0 saturated heterocycles. The average molecular weight is 300 g/mol. The smallest absolute Gasteiger partial charge is 0.310 e. The number of amides is 1. The molecule has 2 atom stereocenters. The van der Waals surface area contributed by atoms with Gasteiger partial charge in [-0.2, -0.15) is 0 Å². The highest BCUT2D eigenvalue weighted by molar-refractivity contribution is 5.98. The van der Waals surface area contributed by atoms with Crippen molar-refractivity contribution in [2.75, 3.05) is 7.11 Å². The lowest BCUT2D eigenvalue weighted by atomic mass is 9.84. The van der Waals surface area contributed by atoms with Gasteiger partial charge in [0.15, 0.2) is 0 Å². The predicted molar refractivity (Wildman–Crippen MR) is 83.5 cm³/mol. The number of ether oxygens (including phenoxy) is 1. The maximum absolute atomic E-state index is 12.5. The second kappa shape index (κ2) is 6.22. The number of carbonyl (C=O) groups is 2. The Hall–Kier alpha value is -2.30. The Bertz CT molecular complexity index is 692. The van der Waals surface area contributed by atoms with Crippen molar-refractivity contribution in [3.63, 3.8) is 0 Å². The van der Waals surface area contributed by atoms with Crippen LogP contribution >= 0.6 is 0 Å². The van der Waals surface area contributed by atoms with Crippen molar-refractivity contribution >= 4 is 22.8 Å². The Morgan fingerprint density at radius 2 is 2.05 bits per heavy atom. The van der Waals surface area contributed by atoms with E-state index >= 15 is 0 Å². The van der Waals surface area contributed by atoms with Crippen molar-refractivity contribution in [2.24, 2.45) is 5.92 Å². The minimum Gasteiger partial charge on any atom is -0.469 e. The van der Waals surface area contributed by atoms with Crippen molar-refractivity contribution < 1.29 is 14.3 Å². The molecule has 1 aliphatic carbocycles. The number of H-pyrrole nitrogens is 1. The lowest BCUT2D eigenvalue weighted by molar-refractivity contribution is -0.147. The fraction of sp³-hybridized carbons (Fsp3) is 0.412. The van der Waals surface area contributed by atoms with Crippen molar-refractivity contribution in [2.45, 2.75) is 31.7 Å². The number of nitrogens with one attached hydrogen (secondary N) is 2. The molecule has 5 heteroatoms. The van der Waals surface area contributed by atoms with E-state index in [0.717, 1.165) is 36.6 Å². The first-order valence-corrected chi connectivity index (χ1v) is 7.65. The molecule has 0 spiro atoms. The van der Waals surface area contributed by atoms with Crippen molar-refractivity contribution in [1.82, 2.24) is 10.3 Å². The molecule has 2 aromatic rings. The summed E-state index contributed by atoms with van der Waals surface area (Å²) in [6.07, 6.45) is 5.46. The van der Waals surface area contributed by atoms with Gasteiger partial charge >= 0.3 is 5.97 Å². The van der Waals surface area contributed by atoms with Gasteiger partial charge in [0.2, 0.25) is 0 Å². The lowest BCUT2D eigenvalue weighted by Gasteiger charge is -2.30. The van der Waals surface area contributed by atoms with E-state index in [-0.39, 0.29) is 23.8 Å². The Balaban J connectivity index is 1.75. The molecule has 0 bridgehead atoms. The summed E-state index contributed by atoms with van der Waals surface area (Å²) in [5.41, 5.74) is 1.61. The second-order valence-corrected chi connectivity index (χ2v) is 5.77. The van der Waals surface area contributed by atoms with Gasteiger partial charge in [0.1, 0.15) is 0 Å². The fourth-order valence-corrected chi connectivity index (χ4v) is 3.18. The molecule has 2 N–H and O–H groups in total. The molecule has 1 aliphatic rings. The van der Waals surface area contributed by atoms with Crippen molar-refractivity contribution in [3.05, 3.63) is 36.0 Å². The van der Waals surface area contributed by atoms with Gasteiger partial charge in [0.05, 0.1) is 13.0 Å². The van der Waals surface area contributed by atoms with Crippen LogP contribution in [0.2, 0.25) is 0 Å². The minimum atomic E-state index is -0.237. The van der Waals surface area contributed by atoms with Gasteiger partial charge in [-0.1, -0.05) is 12.8 Å². The van der Waals surface area contributed by atoms with E-state index in [1.54, 1.807) is 6.07 Å². The number of hydrogen-bond donors (Lipinski definition) is 2. The van der Waals surface area contributed by atoms with Crippen LogP contribution in [0.1, 0.15) is 36.0 Å². The summed E-state index contributed by atoms with van der Waals surface area (Å²) >= 11 is 0. The van der Waals surface area contributed by atoms with Gasteiger partial charge in [-0.25, -0.2) is 0 Å². The van der Waals surface area contributed by atoms with Crippen LogP contribution in [0.4, 0.5) is 0 Å². The highest BCUT2D eigenvalue weighted by atomic mass is 16.5. The number of rotatable bonds is 3. The molecule has 0 radical (unpaired) electrons. The molecule has 5 nitrogen and oxygen atoms in total. The van der Waals surface area contributed by atoms with Gasteiger partial charge in [-0.3, -0.25) is 9.59 Å². The molecule has 1 fully saturated rings. The molecule has 1 saturated carbocycles. The van der Waals surface area contributed by atoms with Crippen LogP contribution in [-0.2, 0) is 9.53 Å². The van der Waals surface area contributed by atoms with Crippen LogP contribution < -0.4 is 5.32 Å². The molecule has 1 amide bonds. The van der Waals surface area contributed by atoms with Gasteiger partial charge < -0.3 is 15.0 Å². The maximum Gasteiger partial charge on any atom is 0.310 e. The summed E-state index contributed by atoms with van der Waals surface area (Å²) in [6.45, 7) is 0. The summed E-state index contributed by atoms with van der Waals surface area (Å²) in [6, 6.07) is 7.34. The highest BCUT2D eigenvalue weighted by Crippen LogP contribution is 2.26. The van der Waals surface area contributed by atoms with E-state index in [1.165, 1.54) is 7.11 Å². The second-order valence-electron chi connectivity index (χ2n) is 5.77. The van der Waals surface area contributed by atoms with Crippen LogP contribution in [0.5, 0.6) is 0 Å². The molecule has 1 aromatic carbocycles. The van der Waals surface area contributed by atoms with E-state index in [4.69, 9.17) is 4.74 Å². The molecular weight excluding hydrogens is 280 g/mol. The summed E-state index contributed by atoms with van der Waals surface area (Å²) < 4.78 is 4.86. The van der Waals surface area contributed by atoms with Gasteiger partial charge in [-0.05, 0) is 37.1 Å². The zero-order valence-corrected chi connectivity index (χ0v) is 12.6. The molecule has 1 aromatic heterocycles. The summed E-state index contributed by atoms with van der Waals surface area (Å²) in [5, 5.41) is 4.01. The first kappa shape index (κ1) is 14.6. The van der Waals surface area contributed by atoms with E-state index in [2.05, 4.69) is 10.3 Å².